The number of hydrogen-bond donors (Lipinski definition) is 0. The minimum Gasteiger partial charge on any atom is -0.435 e. The van der Waals surface area contributed by atoms with Crippen LogP contribution in [0.3, 0.4) is 0 Å². The first-order valence-electron chi connectivity index (χ1n) is 4.10. The zero-order chi connectivity index (χ0) is 8.53. The van der Waals surface area contributed by atoms with Crippen LogP contribution in [0.2, 0.25) is 0 Å². The van der Waals surface area contributed by atoms with E-state index in [1.165, 1.54) is 0 Å². The fourth-order valence-electron chi connectivity index (χ4n) is 0.667. The van der Waals surface area contributed by atoms with Crippen molar-refractivity contribution in [1.82, 2.24) is 0 Å². The third-order valence-electron chi connectivity index (χ3n) is 1.23. The topological polar surface area (TPSA) is 35.5 Å². The van der Waals surface area contributed by atoms with Crippen LogP contribution in [0, 0.1) is 0 Å². The van der Waals surface area contributed by atoms with E-state index >= 15 is 0 Å². The summed E-state index contributed by atoms with van der Waals surface area (Å²) in [5.74, 6) is 0. The second-order valence-electron chi connectivity index (χ2n) is 2.24. The van der Waals surface area contributed by atoms with Crippen LogP contribution in [-0.2, 0) is 9.47 Å². The van der Waals surface area contributed by atoms with Crippen LogP contribution < -0.4 is 0 Å². The first kappa shape index (κ1) is 10.3. The van der Waals surface area contributed by atoms with Crippen molar-refractivity contribution in [3.05, 3.63) is 0 Å². The van der Waals surface area contributed by atoms with Gasteiger partial charge < -0.3 is 9.47 Å². The van der Waals surface area contributed by atoms with Crippen LogP contribution in [0.25, 0.3) is 0 Å². The zero-order valence-corrected chi connectivity index (χ0v) is 7.26. The molecule has 0 radical (unpaired) electrons. The fraction of sp³-hybridized carbons (Fsp3) is 0.875. The monoisotopic (exact) mass is 160 g/mol. The Morgan fingerprint density at radius 3 is 2.45 bits per heavy atom. The van der Waals surface area contributed by atoms with Crippen molar-refractivity contribution < 1.29 is 14.3 Å². The fourth-order valence-corrected chi connectivity index (χ4v) is 0.667. The molecule has 0 bridgehead atoms. The Morgan fingerprint density at radius 2 is 1.91 bits per heavy atom. The van der Waals surface area contributed by atoms with Crippen molar-refractivity contribution in [2.75, 3.05) is 13.2 Å². The molecule has 0 aliphatic carbocycles. The second-order valence-corrected chi connectivity index (χ2v) is 2.24. The van der Waals surface area contributed by atoms with E-state index in [1.54, 1.807) is 6.92 Å². The normalized spacial score (nSPS) is 9.27. The first-order valence-corrected chi connectivity index (χ1v) is 4.10. The molecule has 0 unspecified atom stereocenters. The van der Waals surface area contributed by atoms with Crippen LogP contribution in [-0.4, -0.2) is 19.4 Å². The van der Waals surface area contributed by atoms with Crippen molar-refractivity contribution in [1.29, 1.82) is 0 Å². The summed E-state index contributed by atoms with van der Waals surface area (Å²) < 4.78 is 9.28. The molecule has 0 aromatic rings. The number of unbranched alkanes of at least 4 members (excludes halogenated alkanes) is 2. The lowest BCUT2D eigenvalue weighted by atomic mass is 10.3. The second kappa shape index (κ2) is 7.38. The molecule has 0 saturated heterocycles. The van der Waals surface area contributed by atoms with Crippen LogP contribution >= 0.6 is 0 Å². The third-order valence-corrected chi connectivity index (χ3v) is 1.23. The van der Waals surface area contributed by atoms with Gasteiger partial charge in [0.05, 0.1) is 13.2 Å². The number of rotatable bonds is 5. The molecule has 0 N–H and O–H groups in total. The molecule has 0 aliphatic rings. The maximum Gasteiger partial charge on any atom is 0.508 e. The summed E-state index contributed by atoms with van der Waals surface area (Å²) in [6.07, 6.45) is 2.60. The van der Waals surface area contributed by atoms with Crippen molar-refractivity contribution in [3.8, 4) is 0 Å². The SMILES string of the molecule is CCCCCOC(=O)OCC. The summed E-state index contributed by atoms with van der Waals surface area (Å²) in [7, 11) is 0. The van der Waals surface area contributed by atoms with Crippen molar-refractivity contribution in [3.63, 3.8) is 0 Å². The average Bonchev–Trinajstić information content (AvgIpc) is 1.99. The Kier molecular flexibility index (Phi) is 6.89. The molecule has 0 amide bonds. The summed E-state index contributed by atoms with van der Waals surface area (Å²) in [4.78, 5) is 10.6. The van der Waals surface area contributed by atoms with E-state index in [1.807, 2.05) is 0 Å². The van der Waals surface area contributed by atoms with Gasteiger partial charge in [-0.1, -0.05) is 19.8 Å². The van der Waals surface area contributed by atoms with Gasteiger partial charge in [-0.2, -0.15) is 0 Å². The van der Waals surface area contributed by atoms with Gasteiger partial charge in [0.1, 0.15) is 0 Å². The molecule has 66 valence electrons. The number of carbonyl (C=O) groups excluding carboxylic acids is 1. The van der Waals surface area contributed by atoms with E-state index in [0.717, 1.165) is 19.3 Å². The maximum atomic E-state index is 10.6. The lowest BCUT2D eigenvalue weighted by Crippen LogP contribution is -2.07. The molecule has 0 aromatic heterocycles. The molecule has 11 heavy (non-hydrogen) atoms. The summed E-state index contributed by atoms with van der Waals surface area (Å²) in [6.45, 7) is 4.72. The van der Waals surface area contributed by atoms with Gasteiger partial charge in [0.15, 0.2) is 0 Å². The lowest BCUT2D eigenvalue weighted by Gasteiger charge is -2.02. The van der Waals surface area contributed by atoms with Crippen LogP contribution in [0.4, 0.5) is 4.79 Å². The molecule has 0 rings (SSSR count). The van der Waals surface area contributed by atoms with E-state index in [2.05, 4.69) is 11.7 Å². The van der Waals surface area contributed by atoms with E-state index < -0.39 is 6.16 Å². The van der Waals surface area contributed by atoms with Crippen LogP contribution in [0.1, 0.15) is 33.1 Å². The first-order chi connectivity index (χ1) is 5.31. The summed E-state index contributed by atoms with van der Waals surface area (Å²) >= 11 is 0. The highest BCUT2D eigenvalue weighted by molar-refractivity contribution is 5.59. The molecule has 3 nitrogen and oxygen atoms in total. The lowest BCUT2D eigenvalue weighted by molar-refractivity contribution is 0.0579. The highest BCUT2D eigenvalue weighted by atomic mass is 16.7. The Bertz CT molecular complexity index is 102. The standard InChI is InChI=1S/C8H16O3/c1-3-5-6-7-11-8(9)10-4-2/h3-7H2,1-2H3. The molecule has 0 fully saturated rings. The molecule has 0 saturated carbocycles. The number of hydrogen-bond acceptors (Lipinski definition) is 3. The summed E-state index contributed by atoms with van der Waals surface area (Å²) in [5.41, 5.74) is 0. The van der Waals surface area contributed by atoms with Gasteiger partial charge in [0, 0.05) is 0 Å². The molecule has 3 heteroatoms. The third kappa shape index (κ3) is 7.16. The van der Waals surface area contributed by atoms with E-state index in [9.17, 15) is 4.79 Å². The average molecular weight is 160 g/mol. The number of carbonyl (C=O) groups is 1. The van der Waals surface area contributed by atoms with Gasteiger partial charge in [0.2, 0.25) is 0 Å². The minimum absolute atomic E-state index is 0.382. The van der Waals surface area contributed by atoms with Crippen LogP contribution in [0.5, 0.6) is 0 Å². The Hall–Kier alpha value is -0.730. The zero-order valence-electron chi connectivity index (χ0n) is 7.26. The highest BCUT2D eigenvalue weighted by Crippen LogP contribution is 1.95. The maximum absolute atomic E-state index is 10.6. The predicted octanol–water partition coefficient (Wildman–Crippen LogP) is 2.35. The van der Waals surface area contributed by atoms with Gasteiger partial charge >= 0.3 is 6.16 Å². The van der Waals surface area contributed by atoms with Crippen molar-refractivity contribution in [2.45, 2.75) is 33.1 Å². The molecule has 0 aromatic carbocycles. The quantitative estimate of drug-likeness (QED) is 0.457. The Morgan fingerprint density at radius 1 is 1.18 bits per heavy atom. The van der Waals surface area contributed by atoms with Crippen molar-refractivity contribution in [2.24, 2.45) is 0 Å². The summed E-state index contributed by atoms with van der Waals surface area (Å²) in [5, 5.41) is 0. The van der Waals surface area contributed by atoms with Crippen LogP contribution in [0.15, 0.2) is 0 Å². The predicted molar refractivity (Wildman–Crippen MR) is 42.5 cm³/mol. The highest BCUT2D eigenvalue weighted by Gasteiger charge is 1.99. The Labute approximate surface area is 67.7 Å². The molecule has 0 heterocycles. The molecular formula is C8H16O3. The van der Waals surface area contributed by atoms with E-state index in [0.29, 0.717) is 13.2 Å². The molecule has 0 spiro atoms. The van der Waals surface area contributed by atoms with Crippen molar-refractivity contribution >= 4 is 6.16 Å². The minimum atomic E-state index is -0.552. The van der Waals surface area contributed by atoms with Gasteiger partial charge in [-0.05, 0) is 13.3 Å². The Balaban J connectivity index is 3.04. The van der Waals surface area contributed by atoms with Gasteiger partial charge in [-0.25, -0.2) is 4.79 Å². The smallest absolute Gasteiger partial charge is 0.435 e. The molecule has 0 atom stereocenters. The largest absolute Gasteiger partial charge is 0.508 e. The summed E-state index contributed by atoms with van der Waals surface area (Å²) in [6, 6.07) is 0. The molecular weight excluding hydrogens is 144 g/mol. The van der Waals surface area contributed by atoms with Gasteiger partial charge in [-0.3, -0.25) is 0 Å². The number of ether oxygens (including phenoxy) is 2. The van der Waals surface area contributed by atoms with E-state index in [-0.39, 0.29) is 0 Å². The van der Waals surface area contributed by atoms with E-state index in [4.69, 9.17) is 4.74 Å². The van der Waals surface area contributed by atoms with Gasteiger partial charge in [-0.15, -0.1) is 0 Å². The molecule has 0 aliphatic heterocycles. The van der Waals surface area contributed by atoms with Gasteiger partial charge in [0.25, 0.3) is 0 Å².